The van der Waals surface area contributed by atoms with E-state index in [-0.39, 0.29) is 23.3 Å². The summed E-state index contributed by atoms with van der Waals surface area (Å²) < 4.78 is 72.6. The number of aromatic nitrogens is 3. The maximum Gasteiger partial charge on any atom is 0.419 e. The maximum absolute atomic E-state index is 13.2. The number of pyridine rings is 1. The lowest BCUT2D eigenvalue weighted by Crippen LogP contribution is -2.55. The number of hydrogen-bond acceptors (Lipinski definition) is 5. The first-order chi connectivity index (χ1) is 15.2. The van der Waals surface area contributed by atoms with Gasteiger partial charge in [-0.2, -0.15) is 18.3 Å². The quantitative estimate of drug-likeness (QED) is 0.671. The van der Waals surface area contributed by atoms with Crippen molar-refractivity contribution in [2.75, 3.05) is 25.9 Å². The highest BCUT2D eigenvalue weighted by Crippen LogP contribution is 2.64. The Morgan fingerprint density at radius 2 is 1.88 bits per heavy atom. The molecule has 11 heteroatoms. The van der Waals surface area contributed by atoms with E-state index in [1.807, 2.05) is 0 Å². The molecule has 6 nitrogen and oxygen atoms in total. The van der Waals surface area contributed by atoms with Crippen LogP contribution in [0, 0.1) is 11.8 Å². The van der Waals surface area contributed by atoms with Gasteiger partial charge in [-0.25, -0.2) is 13.8 Å². The number of hydrogen-bond donors (Lipinski definition) is 1. The first-order valence-electron chi connectivity index (χ1n) is 10.6. The molecule has 2 saturated carbocycles. The summed E-state index contributed by atoms with van der Waals surface area (Å²) in [5.74, 6) is 0.253. The highest BCUT2D eigenvalue weighted by atomic mass is 19.4. The summed E-state index contributed by atoms with van der Waals surface area (Å²) in [4.78, 5) is 6.04. The number of rotatable bonds is 6. The molecule has 0 spiro atoms. The molecule has 3 heterocycles. The summed E-state index contributed by atoms with van der Waals surface area (Å²) in [6, 6.07) is 2.99. The third-order valence-electron chi connectivity index (χ3n) is 7.13. The zero-order chi connectivity index (χ0) is 22.8. The average Bonchev–Trinajstić information content (AvgIpc) is 3.00. The van der Waals surface area contributed by atoms with Gasteiger partial charge in [0.2, 0.25) is 0 Å². The Morgan fingerprint density at radius 3 is 2.47 bits per heavy atom. The van der Waals surface area contributed by atoms with E-state index in [9.17, 15) is 22.0 Å². The van der Waals surface area contributed by atoms with Gasteiger partial charge < -0.3 is 10.5 Å². The average molecular weight is 457 g/mol. The predicted molar refractivity (Wildman–Crippen MR) is 106 cm³/mol. The fraction of sp³-hybridized carbons (Fsp3) is 0.619. The summed E-state index contributed by atoms with van der Waals surface area (Å²) in [5, 5.41) is 4.23. The molecular formula is C21H24F5N5O. The van der Waals surface area contributed by atoms with E-state index in [1.54, 1.807) is 13.2 Å². The molecule has 0 unspecified atom stereocenters. The molecular weight excluding hydrogens is 433 g/mol. The smallest absolute Gasteiger partial charge is 0.383 e. The number of halogens is 5. The van der Waals surface area contributed by atoms with Gasteiger partial charge in [-0.1, -0.05) is 0 Å². The van der Waals surface area contributed by atoms with Gasteiger partial charge in [-0.3, -0.25) is 9.58 Å². The van der Waals surface area contributed by atoms with Crippen molar-refractivity contribution >= 4 is 5.82 Å². The molecule has 32 heavy (non-hydrogen) atoms. The van der Waals surface area contributed by atoms with Crippen LogP contribution in [0.4, 0.5) is 27.8 Å². The first kappa shape index (κ1) is 21.6. The molecule has 4 atom stereocenters. The van der Waals surface area contributed by atoms with Gasteiger partial charge in [-0.15, -0.1) is 0 Å². The second-order valence-corrected chi connectivity index (χ2v) is 8.97. The number of nitrogens with two attached hydrogens (primary N) is 1. The fourth-order valence-corrected chi connectivity index (χ4v) is 5.43. The van der Waals surface area contributed by atoms with Gasteiger partial charge in [0, 0.05) is 49.6 Å². The lowest BCUT2D eigenvalue weighted by Gasteiger charge is -2.43. The normalized spacial score (nSPS) is 28.2. The molecule has 2 N–H and O–H groups in total. The lowest BCUT2D eigenvalue weighted by atomic mass is 9.99. The lowest BCUT2D eigenvalue weighted by molar-refractivity contribution is -0.137. The van der Waals surface area contributed by atoms with Gasteiger partial charge in [0.25, 0.3) is 6.43 Å². The van der Waals surface area contributed by atoms with Gasteiger partial charge in [0.1, 0.15) is 12.4 Å². The Morgan fingerprint density at radius 1 is 1.19 bits per heavy atom. The highest BCUT2D eigenvalue weighted by Gasteiger charge is 2.59. The molecule has 3 aliphatic rings. The fourth-order valence-electron chi connectivity index (χ4n) is 5.43. The molecule has 5 rings (SSSR count). The summed E-state index contributed by atoms with van der Waals surface area (Å²) in [7, 11) is 1.71. The molecule has 0 amide bonds. The number of nitrogens with zero attached hydrogens (tertiary/aromatic N) is 4. The van der Waals surface area contributed by atoms with Crippen molar-refractivity contribution < 1.29 is 26.7 Å². The molecule has 0 aromatic carbocycles. The molecule has 3 fully saturated rings. The number of methoxy groups -OCH3 is 1. The minimum absolute atomic E-state index is 0.106. The Hall–Kier alpha value is -2.27. The van der Waals surface area contributed by atoms with Gasteiger partial charge in [0.05, 0.1) is 17.4 Å². The van der Waals surface area contributed by atoms with Crippen molar-refractivity contribution in [1.29, 1.82) is 0 Å². The molecule has 0 bridgehead atoms. The van der Waals surface area contributed by atoms with Crippen LogP contribution in [0.1, 0.15) is 30.0 Å². The first-order valence-corrected chi connectivity index (χ1v) is 10.6. The minimum atomic E-state index is -4.66. The van der Waals surface area contributed by atoms with Crippen LogP contribution in [-0.2, 0) is 17.5 Å². The van der Waals surface area contributed by atoms with Crippen LogP contribution in [0.25, 0.3) is 11.3 Å². The Labute approximate surface area is 181 Å². The molecule has 2 aromatic heterocycles. The van der Waals surface area contributed by atoms with Crippen molar-refractivity contribution in [3.05, 3.63) is 29.6 Å². The molecule has 2 aliphatic carbocycles. The van der Waals surface area contributed by atoms with E-state index in [4.69, 9.17) is 10.5 Å². The Bertz CT molecular complexity index is 991. The number of alkyl halides is 5. The standard InChI is InChI=1S/C21H24F5N5O/c1-32-12-7-30(8-12)11-3-13-14(4-11)19(13)17-5-16(29-31(17)9-18(22)23)10-2-15(21(24,25)26)20(27)28-6-10/h2,5-6,11-14,18-19H,3-4,7-9H2,1H3,(H2,27,28)/t11-,13-,14+,19+. The van der Waals surface area contributed by atoms with Crippen molar-refractivity contribution in [3.8, 4) is 11.3 Å². The van der Waals surface area contributed by atoms with Crippen LogP contribution in [0.5, 0.6) is 0 Å². The summed E-state index contributed by atoms with van der Waals surface area (Å²) in [5.41, 5.74) is 5.29. The third-order valence-corrected chi connectivity index (χ3v) is 7.13. The number of likely N-dealkylation sites (tertiary alicyclic amines) is 1. The second kappa shape index (κ2) is 7.65. The number of nitrogen functional groups attached to an aromatic ring is 1. The zero-order valence-corrected chi connectivity index (χ0v) is 17.4. The van der Waals surface area contributed by atoms with Crippen LogP contribution in [-0.4, -0.2) is 58.4 Å². The van der Waals surface area contributed by atoms with E-state index >= 15 is 0 Å². The molecule has 2 aromatic rings. The minimum Gasteiger partial charge on any atom is -0.383 e. The van der Waals surface area contributed by atoms with E-state index in [1.165, 1.54) is 10.9 Å². The van der Waals surface area contributed by atoms with E-state index in [2.05, 4.69) is 15.0 Å². The van der Waals surface area contributed by atoms with Crippen molar-refractivity contribution in [3.63, 3.8) is 0 Å². The van der Waals surface area contributed by atoms with Gasteiger partial charge in [0.15, 0.2) is 0 Å². The highest BCUT2D eigenvalue weighted by molar-refractivity contribution is 5.63. The summed E-state index contributed by atoms with van der Waals surface area (Å²) >= 11 is 0. The molecule has 0 radical (unpaired) electrons. The SMILES string of the molecule is COC1CN([C@@H]2C[C@@H]3[C@H](C2)[C@H]3c2cc(-c3cnc(N)c(C(F)(F)F)c3)nn2CC(F)F)C1. The maximum atomic E-state index is 13.2. The zero-order valence-electron chi connectivity index (χ0n) is 17.4. The van der Waals surface area contributed by atoms with Crippen LogP contribution in [0.2, 0.25) is 0 Å². The van der Waals surface area contributed by atoms with Crippen LogP contribution in [0.15, 0.2) is 18.3 Å². The number of ether oxygens (including phenoxy) is 1. The topological polar surface area (TPSA) is 69.2 Å². The Kier molecular flexibility index (Phi) is 5.16. The Balaban J connectivity index is 1.37. The second-order valence-electron chi connectivity index (χ2n) is 8.97. The van der Waals surface area contributed by atoms with Gasteiger partial charge in [-0.05, 0) is 36.8 Å². The van der Waals surface area contributed by atoms with Gasteiger partial charge >= 0.3 is 6.18 Å². The molecule has 1 saturated heterocycles. The van der Waals surface area contributed by atoms with E-state index in [0.717, 1.165) is 32.0 Å². The monoisotopic (exact) mass is 457 g/mol. The van der Waals surface area contributed by atoms with Crippen molar-refractivity contribution in [2.45, 2.75) is 50.1 Å². The predicted octanol–water partition coefficient (Wildman–Crippen LogP) is 3.63. The summed E-state index contributed by atoms with van der Waals surface area (Å²) in [6.45, 7) is 1.25. The van der Waals surface area contributed by atoms with Crippen molar-refractivity contribution in [2.24, 2.45) is 11.8 Å². The van der Waals surface area contributed by atoms with Crippen LogP contribution in [0.3, 0.4) is 0 Å². The number of anilines is 1. The number of fused-ring (bicyclic) bond motifs is 1. The molecule has 174 valence electrons. The third kappa shape index (κ3) is 3.75. The van der Waals surface area contributed by atoms with E-state index < -0.39 is 30.5 Å². The van der Waals surface area contributed by atoms with Crippen LogP contribution < -0.4 is 5.73 Å². The summed E-state index contributed by atoms with van der Waals surface area (Å²) in [6.07, 6.45) is -3.82. The molecule has 1 aliphatic heterocycles. The van der Waals surface area contributed by atoms with Crippen molar-refractivity contribution in [1.82, 2.24) is 19.7 Å². The largest absolute Gasteiger partial charge is 0.419 e. The van der Waals surface area contributed by atoms with E-state index in [0.29, 0.717) is 23.6 Å². The van der Waals surface area contributed by atoms with Crippen LogP contribution >= 0.6 is 0 Å².